The average molecular weight is 157 g/mol. The maximum absolute atomic E-state index is 8.97. The Labute approximate surface area is 79.0 Å². The quantitative estimate of drug-likeness (QED) is 0.214. The van der Waals surface area contributed by atoms with E-state index in [0.29, 0.717) is 0 Å². The molecule has 0 aromatic rings. The molecule has 0 saturated heterocycles. The first kappa shape index (κ1) is 16.3. The van der Waals surface area contributed by atoms with Crippen LogP contribution in [0.2, 0.25) is 0 Å². The van der Waals surface area contributed by atoms with E-state index in [1.54, 1.807) is 0 Å². The first-order valence-corrected chi connectivity index (χ1v) is 2.62. The predicted molar refractivity (Wildman–Crippen MR) is 18.3 cm³/mol. The molecule has 0 rings (SSSR count). The van der Waals surface area contributed by atoms with Gasteiger partial charge in [0.05, 0.1) is 0 Å². The maximum atomic E-state index is 8.97. The van der Waals surface area contributed by atoms with Gasteiger partial charge in [0, 0.05) is 0 Å². The van der Waals surface area contributed by atoms with Crippen LogP contribution in [-0.2, 0) is 4.58 Å². The van der Waals surface area contributed by atoms with E-state index < -0.39 is 9.05 Å². The Bertz CT molecular complexity index is 40.2. The van der Waals surface area contributed by atoms with Gasteiger partial charge in [0.2, 0.25) is 0 Å². The van der Waals surface area contributed by atoms with Crippen LogP contribution in [0.4, 0.5) is 0 Å². The van der Waals surface area contributed by atoms with Crippen LogP contribution in [-0.4, -0.2) is 55.2 Å². The molecule has 0 aromatic heterocycles. The van der Waals surface area contributed by atoms with Crippen molar-refractivity contribution in [3.05, 3.63) is 0 Å². The van der Waals surface area contributed by atoms with Gasteiger partial charge in [-0.05, 0) is 0 Å². The van der Waals surface area contributed by atoms with Crippen LogP contribution in [0.25, 0.3) is 0 Å². The molecule has 0 aliphatic heterocycles. The third-order valence-corrected chi connectivity index (χ3v) is 0.306. The molecule has 8 heavy (non-hydrogen) atoms. The Morgan fingerprint density at radius 1 is 1.00 bits per heavy atom. The second-order valence-corrected chi connectivity index (χ2v) is 1.75. The van der Waals surface area contributed by atoms with Crippen LogP contribution in [0.5, 0.6) is 0 Å². The molecule has 0 aromatic carbocycles. The Balaban J connectivity index is -0.000000125. The Hall–Kier alpha value is 1.55. The van der Waals surface area contributed by atoms with E-state index in [0.717, 1.165) is 0 Å². The van der Waals surface area contributed by atoms with Crippen molar-refractivity contribution in [1.29, 1.82) is 0 Å². The van der Waals surface area contributed by atoms with Gasteiger partial charge in [0.1, 0.15) is 0 Å². The SMILES string of the molecule is [Mg+2].[Mg+2].[O-]O[Si]([O-])([O-])[O-]. The summed E-state index contributed by atoms with van der Waals surface area (Å²) in [5.74, 6) is 0. The van der Waals surface area contributed by atoms with Gasteiger partial charge in [-0.3, -0.25) is 0 Å². The molecule has 0 spiro atoms. The fourth-order valence-corrected chi connectivity index (χ4v) is 0. The monoisotopic (exact) mass is 156 g/mol. The second-order valence-electron chi connectivity index (χ2n) is 0.583. The third-order valence-electron chi connectivity index (χ3n) is 0.102. The Morgan fingerprint density at radius 2 is 1.12 bits per heavy atom. The molecule has 0 fully saturated rings. The summed E-state index contributed by atoms with van der Waals surface area (Å²) in [6.07, 6.45) is 0. The van der Waals surface area contributed by atoms with Gasteiger partial charge >= 0.3 is 46.1 Å². The summed E-state index contributed by atoms with van der Waals surface area (Å²) in [5, 5.41) is 8.58. The van der Waals surface area contributed by atoms with Crippen LogP contribution in [0, 0.1) is 0 Å². The van der Waals surface area contributed by atoms with Gasteiger partial charge < -0.3 is 24.2 Å². The topological polar surface area (TPSA) is 101 Å². The Morgan fingerprint density at radius 3 is 1.12 bits per heavy atom. The number of hydrogen-bond acceptors (Lipinski definition) is 5. The summed E-state index contributed by atoms with van der Waals surface area (Å²) in [6, 6.07) is 0. The second kappa shape index (κ2) is 6.67. The van der Waals surface area contributed by atoms with E-state index in [1.807, 2.05) is 0 Å². The van der Waals surface area contributed by atoms with Crippen LogP contribution >= 0.6 is 0 Å². The van der Waals surface area contributed by atoms with Crippen LogP contribution in [0.15, 0.2) is 0 Å². The van der Waals surface area contributed by atoms with Crippen molar-refractivity contribution in [1.82, 2.24) is 0 Å². The summed E-state index contributed by atoms with van der Waals surface area (Å²) in [4.78, 5) is 26.9. The standard InChI is InChI=1S/2Mg.HO5Si/c;;1-5-6(2,3)4/h;;1H/q2*+2;-3/p-1. The van der Waals surface area contributed by atoms with E-state index in [1.165, 1.54) is 0 Å². The summed E-state index contributed by atoms with van der Waals surface area (Å²) in [5.41, 5.74) is 0. The zero-order chi connectivity index (χ0) is 5.21. The molecule has 0 aliphatic carbocycles. The first-order valence-electron chi connectivity index (χ1n) is 0.983. The molecule has 5 nitrogen and oxygen atoms in total. The van der Waals surface area contributed by atoms with Crippen molar-refractivity contribution in [2.75, 3.05) is 0 Å². The van der Waals surface area contributed by atoms with Crippen LogP contribution in [0.1, 0.15) is 0 Å². The molecule has 0 heterocycles. The Kier molecular flexibility index (Phi) is 13.6. The minimum Gasteiger partial charge on any atom is -0.861 e. The number of hydrogen-bond donors (Lipinski definition) is 0. The van der Waals surface area contributed by atoms with Gasteiger partial charge in [0.15, 0.2) is 0 Å². The van der Waals surface area contributed by atoms with Gasteiger partial charge in [-0.2, -0.15) is 0 Å². The van der Waals surface area contributed by atoms with Crippen molar-refractivity contribution in [3.8, 4) is 0 Å². The third kappa shape index (κ3) is 15.6. The molecule has 0 amide bonds. The largest absolute Gasteiger partial charge is 2.00 e. The predicted octanol–water partition coefficient (Wildman–Crippen LogP) is -5.97. The zero-order valence-electron chi connectivity index (χ0n) is 3.96. The number of rotatable bonds is 1. The molecule has 0 unspecified atom stereocenters. The summed E-state index contributed by atoms with van der Waals surface area (Å²) in [6.45, 7) is 0. The minimum atomic E-state index is -5.44. The van der Waals surface area contributed by atoms with E-state index in [-0.39, 0.29) is 46.1 Å². The molecule has 0 saturated carbocycles. The molecule has 0 atom stereocenters. The normalized spacial score (nSPS) is 9.00. The van der Waals surface area contributed by atoms with E-state index in [2.05, 4.69) is 4.58 Å². The molecular weight excluding hydrogens is 157 g/mol. The zero-order valence-corrected chi connectivity index (χ0v) is 7.78. The fourth-order valence-electron chi connectivity index (χ4n) is 0. The molecule has 0 aliphatic rings. The summed E-state index contributed by atoms with van der Waals surface area (Å²) in [7, 11) is -5.44. The van der Waals surface area contributed by atoms with Gasteiger partial charge in [-0.25, -0.2) is 0 Å². The molecule has 38 valence electrons. The first-order chi connectivity index (χ1) is 2.56. The fraction of sp³-hybridized carbons (Fsp3) is 0. The molecular formula is Mg2O5Si. The molecule has 0 N–H and O–H groups in total. The minimum absolute atomic E-state index is 0. The van der Waals surface area contributed by atoms with E-state index >= 15 is 0 Å². The van der Waals surface area contributed by atoms with E-state index in [9.17, 15) is 0 Å². The van der Waals surface area contributed by atoms with Gasteiger partial charge in [0.25, 0.3) is 0 Å². The van der Waals surface area contributed by atoms with Crippen molar-refractivity contribution >= 4 is 55.2 Å². The molecule has 0 bridgehead atoms. The molecule has 8 heteroatoms. The van der Waals surface area contributed by atoms with Crippen molar-refractivity contribution in [2.45, 2.75) is 0 Å². The smallest absolute Gasteiger partial charge is 0.861 e. The van der Waals surface area contributed by atoms with Crippen molar-refractivity contribution in [2.24, 2.45) is 0 Å². The van der Waals surface area contributed by atoms with Gasteiger partial charge in [-0.1, -0.05) is 0 Å². The van der Waals surface area contributed by atoms with Gasteiger partial charge in [-0.15, -0.1) is 9.05 Å². The van der Waals surface area contributed by atoms with Crippen LogP contribution < -0.4 is 19.6 Å². The average Bonchev–Trinajstić information content (AvgIpc) is 1.35. The summed E-state index contributed by atoms with van der Waals surface area (Å²) < 4.78 is 2.16. The molecule has 0 radical (unpaired) electrons. The van der Waals surface area contributed by atoms with Crippen molar-refractivity contribution in [3.63, 3.8) is 0 Å². The van der Waals surface area contributed by atoms with E-state index in [4.69, 9.17) is 19.6 Å². The summed E-state index contributed by atoms with van der Waals surface area (Å²) >= 11 is 0. The maximum Gasteiger partial charge on any atom is 2.00 e. The van der Waals surface area contributed by atoms with Crippen LogP contribution in [0.3, 0.4) is 0 Å². The van der Waals surface area contributed by atoms with Crippen molar-refractivity contribution < 1.29 is 24.2 Å².